The van der Waals surface area contributed by atoms with Crippen LogP contribution in [0, 0.1) is 5.41 Å². The number of Topliss-reactive ketones (excluding diaryl/α,β-unsaturated/α-hetero) is 1. The highest BCUT2D eigenvalue weighted by Crippen LogP contribution is 2.49. The van der Waals surface area contributed by atoms with Crippen LogP contribution in [0.3, 0.4) is 0 Å². The first-order valence-corrected chi connectivity index (χ1v) is 14.7. The molecule has 204 valence electrons. The molecule has 2 atom stereocenters. The summed E-state index contributed by atoms with van der Waals surface area (Å²) in [5, 5.41) is 0. The molecule has 2 aliphatic rings. The van der Waals surface area contributed by atoms with Gasteiger partial charge in [0, 0.05) is 42.0 Å². The third kappa shape index (κ3) is 4.66. The Balaban J connectivity index is 1.32. The minimum absolute atomic E-state index is 0.198. The highest BCUT2D eigenvalue weighted by molar-refractivity contribution is 9.10. The van der Waals surface area contributed by atoms with Gasteiger partial charge in [0.1, 0.15) is 16.2 Å². The second-order valence-corrected chi connectivity index (χ2v) is 11.3. The number of aliphatic imine (C=N–C) groups is 1. The summed E-state index contributed by atoms with van der Waals surface area (Å²) in [5.41, 5.74) is 4.57. The van der Waals surface area contributed by atoms with Gasteiger partial charge in [-0.1, -0.05) is 47.3 Å². The molecule has 2 aliphatic carbocycles. The number of halogens is 1. The summed E-state index contributed by atoms with van der Waals surface area (Å²) in [7, 11) is 0. The maximum absolute atomic E-state index is 13.0. The number of carbonyl (C=O) groups excluding carboxylic acids is 2. The van der Waals surface area contributed by atoms with Crippen LogP contribution in [-0.4, -0.2) is 54.5 Å². The van der Waals surface area contributed by atoms with Crippen molar-refractivity contribution < 1.29 is 14.3 Å². The molecule has 0 radical (unpaired) electrons. The van der Waals surface area contributed by atoms with Crippen molar-refractivity contribution in [3.8, 4) is 17.1 Å². The van der Waals surface area contributed by atoms with Crippen LogP contribution in [0.2, 0.25) is 0 Å². The van der Waals surface area contributed by atoms with Gasteiger partial charge in [-0.3, -0.25) is 19.3 Å². The van der Waals surface area contributed by atoms with E-state index in [2.05, 4.69) is 25.9 Å². The van der Waals surface area contributed by atoms with Crippen LogP contribution in [0.15, 0.2) is 72.1 Å². The minimum Gasteiger partial charge on any atom is -0.464 e. The quantitative estimate of drug-likeness (QED) is 0.200. The zero-order valence-corrected chi connectivity index (χ0v) is 23.9. The molecule has 0 amide bonds. The molecule has 3 heterocycles. The smallest absolute Gasteiger partial charge is 0.331 e. The first-order valence-electron chi connectivity index (χ1n) is 13.8. The molecule has 1 aromatic carbocycles. The van der Waals surface area contributed by atoms with Crippen LogP contribution in [0.1, 0.15) is 44.6 Å². The van der Waals surface area contributed by atoms with Crippen LogP contribution < -0.4 is 0 Å². The number of imidazole rings is 1. The van der Waals surface area contributed by atoms with Gasteiger partial charge in [-0.25, -0.2) is 14.8 Å². The van der Waals surface area contributed by atoms with Crippen LogP contribution in [-0.2, 0) is 20.7 Å². The average molecular weight is 601 g/mol. The Labute approximate surface area is 241 Å². The zero-order valence-electron chi connectivity index (χ0n) is 22.3. The second-order valence-electron chi connectivity index (χ2n) is 10.4. The fourth-order valence-corrected chi connectivity index (χ4v) is 6.94. The van der Waals surface area contributed by atoms with Crippen molar-refractivity contribution in [1.82, 2.24) is 19.5 Å². The molecule has 2 saturated carbocycles. The van der Waals surface area contributed by atoms with Crippen molar-refractivity contribution >= 4 is 44.6 Å². The molecule has 4 aromatic rings. The number of hydrogen-bond acceptors (Lipinski definition) is 7. The van der Waals surface area contributed by atoms with Crippen LogP contribution in [0.4, 0.5) is 0 Å². The van der Waals surface area contributed by atoms with Crippen molar-refractivity contribution in [3.63, 3.8) is 0 Å². The fraction of sp³-hybridized carbons (Fsp3) is 0.355. The zero-order chi connectivity index (χ0) is 27.7. The van der Waals surface area contributed by atoms with Crippen molar-refractivity contribution in [2.24, 2.45) is 10.4 Å². The molecular weight excluding hydrogens is 570 g/mol. The maximum atomic E-state index is 13.0. The molecule has 6 rings (SSSR count). The molecule has 0 N–H and O–H groups in total. The molecule has 3 aromatic heterocycles. The summed E-state index contributed by atoms with van der Waals surface area (Å²) in [6.45, 7) is 2.07. The Morgan fingerprint density at radius 3 is 2.62 bits per heavy atom. The molecule has 40 heavy (non-hydrogen) atoms. The second kappa shape index (κ2) is 11.0. The number of ketones is 1. The summed E-state index contributed by atoms with van der Waals surface area (Å²) in [6.07, 6.45) is 10.4. The van der Waals surface area contributed by atoms with Gasteiger partial charge in [0.25, 0.3) is 0 Å². The maximum Gasteiger partial charge on any atom is 0.331 e. The molecule has 0 aliphatic heterocycles. The number of hydrogen-bond donors (Lipinski definition) is 0. The molecule has 1 spiro atoms. The summed E-state index contributed by atoms with van der Waals surface area (Å²) < 4.78 is 7.42. The predicted molar refractivity (Wildman–Crippen MR) is 157 cm³/mol. The van der Waals surface area contributed by atoms with E-state index >= 15 is 0 Å². The van der Waals surface area contributed by atoms with E-state index in [1.165, 1.54) is 0 Å². The van der Waals surface area contributed by atoms with Gasteiger partial charge in [0.2, 0.25) is 0 Å². The van der Waals surface area contributed by atoms with Crippen molar-refractivity contribution in [1.29, 1.82) is 0 Å². The number of alkyl halides is 1. The van der Waals surface area contributed by atoms with Gasteiger partial charge < -0.3 is 4.74 Å². The van der Waals surface area contributed by atoms with E-state index < -0.39 is 16.3 Å². The van der Waals surface area contributed by atoms with E-state index in [1.54, 1.807) is 25.5 Å². The number of carbonyl (C=O) groups is 2. The van der Waals surface area contributed by atoms with Crippen LogP contribution in [0.25, 0.3) is 28.2 Å². The first kappa shape index (κ1) is 26.5. The SMILES string of the molecule is CCOC(=O)[C@H](Cc1ccc(-n2c(-c3cccnc3)nc3cccnc32)cc1)N=C1C(Br)C(=O)C12CCCCC2. The Hall–Kier alpha value is -3.72. The third-order valence-electron chi connectivity index (χ3n) is 7.95. The van der Waals surface area contributed by atoms with Gasteiger partial charge in [-0.15, -0.1) is 0 Å². The lowest BCUT2D eigenvalue weighted by Gasteiger charge is -2.47. The van der Waals surface area contributed by atoms with Crippen LogP contribution in [0.5, 0.6) is 0 Å². The molecule has 8 nitrogen and oxygen atoms in total. The lowest BCUT2D eigenvalue weighted by Crippen LogP contribution is -2.61. The van der Waals surface area contributed by atoms with Crippen molar-refractivity contribution in [2.75, 3.05) is 6.61 Å². The van der Waals surface area contributed by atoms with Gasteiger partial charge in [-0.05, 0) is 61.7 Å². The largest absolute Gasteiger partial charge is 0.464 e. The highest BCUT2D eigenvalue weighted by Gasteiger charge is 2.58. The molecule has 1 unspecified atom stereocenters. The Bertz CT molecular complexity index is 1580. The van der Waals surface area contributed by atoms with E-state index in [-0.39, 0.29) is 18.4 Å². The monoisotopic (exact) mass is 599 g/mol. The molecule has 9 heteroatoms. The summed E-state index contributed by atoms with van der Waals surface area (Å²) >= 11 is 3.53. The molecule has 0 bridgehead atoms. The van der Waals surface area contributed by atoms with Gasteiger partial charge in [-0.2, -0.15) is 0 Å². The number of pyridine rings is 2. The third-order valence-corrected chi connectivity index (χ3v) is 8.80. The topological polar surface area (TPSA) is 99.3 Å². The normalized spacial score (nSPS) is 20.0. The number of ether oxygens (including phenoxy) is 1. The summed E-state index contributed by atoms with van der Waals surface area (Å²) in [4.78, 5) is 44.1. The van der Waals surface area contributed by atoms with E-state index in [0.717, 1.165) is 71.6 Å². The standard InChI is InChI=1S/C31H30BrN5O3/c1-2-40-30(39)24(35-26-25(32)27(38)31(26)14-4-3-5-15-31)18-20-10-12-22(13-11-20)37-28(21-8-6-16-33-19-21)36-23-9-7-17-34-29(23)37/h6-13,16-17,19,24-25H,2-5,14-15,18H2,1H3/t24-,25?/m0/s1. The lowest BCUT2D eigenvalue weighted by atomic mass is 9.58. The minimum atomic E-state index is -0.713. The van der Waals surface area contributed by atoms with Crippen molar-refractivity contribution in [3.05, 3.63) is 72.7 Å². The van der Waals surface area contributed by atoms with E-state index in [9.17, 15) is 9.59 Å². The van der Waals surface area contributed by atoms with E-state index in [0.29, 0.717) is 6.42 Å². The number of benzene rings is 1. The van der Waals surface area contributed by atoms with Crippen LogP contribution >= 0.6 is 15.9 Å². The molecule has 0 saturated heterocycles. The fourth-order valence-electron chi connectivity index (χ4n) is 5.94. The Kier molecular flexibility index (Phi) is 7.31. The number of esters is 1. The lowest BCUT2D eigenvalue weighted by molar-refractivity contribution is -0.144. The van der Waals surface area contributed by atoms with E-state index in [4.69, 9.17) is 14.7 Å². The van der Waals surface area contributed by atoms with Gasteiger partial charge in [0.15, 0.2) is 17.5 Å². The number of aromatic nitrogens is 4. The van der Waals surface area contributed by atoms with Gasteiger partial charge >= 0.3 is 5.97 Å². The van der Waals surface area contributed by atoms with Gasteiger partial charge in [0.05, 0.1) is 12.0 Å². The van der Waals surface area contributed by atoms with Crippen molar-refractivity contribution in [2.45, 2.75) is 56.3 Å². The Morgan fingerprint density at radius 2 is 1.90 bits per heavy atom. The van der Waals surface area contributed by atoms with E-state index in [1.807, 2.05) is 53.1 Å². The number of rotatable bonds is 7. The number of fused-ring (bicyclic) bond motifs is 1. The summed E-state index contributed by atoms with van der Waals surface area (Å²) in [5.74, 6) is 0.581. The highest BCUT2D eigenvalue weighted by atomic mass is 79.9. The summed E-state index contributed by atoms with van der Waals surface area (Å²) in [6, 6.07) is 15.0. The predicted octanol–water partition coefficient (Wildman–Crippen LogP) is 5.69. The molecular formula is C31H30BrN5O3. The molecule has 2 fully saturated rings. The first-order chi connectivity index (χ1) is 19.5. The average Bonchev–Trinajstić information content (AvgIpc) is 3.40. The Morgan fingerprint density at radius 1 is 1.12 bits per heavy atom. The number of nitrogens with zero attached hydrogens (tertiary/aromatic N) is 5.